The van der Waals surface area contributed by atoms with Gasteiger partial charge in [-0.3, -0.25) is 9.69 Å². The van der Waals surface area contributed by atoms with Crippen LogP contribution >= 0.6 is 11.3 Å². The summed E-state index contributed by atoms with van der Waals surface area (Å²) in [6.45, 7) is 4.19. The van der Waals surface area contributed by atoms with Crippen LogP contribution in [-0.2, 0) is 14.3 Å². The highest BCUT2D eigenvalue weighted by atomic mass is 32.1. The van der Waals surface area contributed by atoms with Gasteiger partial charge in [-0.2, -0.15) is 11.3 Å². The number of carbonyl (C=O) groups is 2. The van der Waals surface area contributed by atoms with Crippen LogP contribution in [0.5, 0.6) is 0 Å². The highest BCUT2D eigenvalue weighted by Gasteiger charge is 2.35. The normalized spacial score (nSPS) is 25.0. The standard InChI is InChI=1S/C18H26N2O3S/c1-2-23-18(22)16-6-3-4-10-20(16)17(21)12-19-9-5-7-15(19)14-8-11-24-13-14/h8,11,13,15-16H,2-7,9-10,12H2,1H3. The summed E-state index contributed by atoms with van der Waals surface area (Å²) in [5, 5.41) is 4.27. The predicted molar refractivity (Wildman–Crippen MR) is 93.9 cm³/mol. The van der Waals surface area contributed by atoms with E-state index in [9.17, 15) is 9.59 Å². The number of hydrogen-bond donors (Lipinski definition) is 0. The summed E-state index contributed by atoms with van der Waals surface area (Å²) in [6.07, 6.45) is 4.89. The molecule has 1 aromatic rings. The lowest BCUT2D eigenvalue weighted by Crippen LogP contribution is -2.51. The molecule has 2 unspecified atom stereocenters. The maximum absolute atomic E-state index is 12.9. The number of piperidine rings is 1. The molecule has 0 bridgehead atoms. The number of amides is 1. The Balaban J connectivity index is 1.65. The van der Waals surface area contributed by atoms with E-state index in [1.165, 1.54) is 5.56 Å². The van der Waals surface area contributed by atoms with Crippen molar-refractivity contribution in [3.05, 3.63) is 22.4 Å². The van der Waals surface area contributed by atoms with Crippen LogP contribution in [-0.4, -0.2) is 54.0 Å². The Bertz CT molecular complexity index is 561. The summed E-state index contributed by atoms with van der Waals surface area (Å²) >= 11 is 1.70. The van der Waals surface area contributed by atoms with E-state index in [0.717, 1.165) is 38.6 Å². The van der Waals surface area contributed by atoms with Crippen LogP contribution in [0.2, 0.25) is 0 Å². The van der Waals surface area contributed by atoms with Crippen LogP contribution in [0.1, 0.15) is 50.6 Å². The van der Waals surface area contributed by atoms with Crippen LogP contribution in [0, 0.1) is 0 Å². The van der Waals surface area contributed by atoms with Crippen molar-refractivity contribution in [3.8, 4) is 0 Å². The molecule has 0 aliphatic carbocycles. The molecule has 3 heterocycles. The minimum Gasteiger partial charge on any atom is -0.464 e. The quantitative estimate of drug-likeness (QED) is 0.766. The van der Waals surface area contributed by atoms with E-state index in [1.807, 2.05) is 6.92 Å². The van der Waals surface area contributed by atoms with Crippen LogP contribution in [0.3, 0.4) is 0 Å². The van der Waals surface area contributed by atoms with Gasteiger partial charge in [-0.1, -0.05) is 0 Å². The second-order valence-electron chi connectivity index (χ2n) is 6.54. The number of thiophene rings is 1. The average Bonchev–Trinajstić information content (AvgIpc) is 3.26. The lowest BCUT2D eigenvalue weighted by atomic mass is 10.0. The molecule has 0 N–H and O–H groups in total. The van der Waals surface area contributed by atoms with Gasteiger partial charge in [-0.05, 0) is 68.0 Å². The van der Waals surface area contributed by atoms with Crippen LogP contribution in [0.15, 0.2) is 16.8 Å². The summed E-state index contributed by atoms with van der Waals surface area (Å²) in [5.41, 5.74) is 1.31. The van der Waals surface area contributed by atoms with Gasteiger partial charge in [0.25, 0.3) is 0 Å². The molecule has 6 heteroatoms. The molecule has 5 nitrogen and oxygen atoms in total. The number of rotatable bonds is 5. The molecule has 0 saturated carbocycles. The molecule has 2 aliphatic heterocycles. The van der Waals surface area contributed by atoms with E-state index in [-0.39, 0.29) is 11.9 Å². The van der Waals surface area contributed by atoms with Gasteiger partial charge in [0.2, 0.25) is 5.91 Å². The van der Waals surface area contributed by atoms with Crippen molar-refractivity contribution in [1.29, 1.82) is 0 Å². The molecule has 0 aromatic carbocycles. The van der Waals surface area contributed by atoms with Crippen LogP contribution in [0.25, 0.3) is 0 Å². The van der Waals surface area contributed by atoms with Gasteiger partial charge < -0.3 is 9.64 Å². The third-order valence-corrected chi connectivity index (χ3v) is 5.71. The highest BCUT2D eigenvalue weighted by molar-refractivity contribution is 7.07. The molecule has 132 valence electrons. The Morgan fingerprint density at radius 1 is 1.25 bits per heavy atom. The van der Waals surface area contributed by atoms with Gasteiger partial charge in [-0.25, -0.2) is 4.79 Å². The summed E-state index contributed by atoms with van der Waals surface area (Å²) < 4.78 is 5.17. The molecular formula is C18H26N2O3S. The van der Waals surface area contributed by atoms with Crippen molar-refractivity contribution in [3.63, 3.8) is 0 Å². The van der Waals surface area contributed by atoms with E-state index >= 15 is 0 Å². The molecular weight excluding hydrogens is 324 g/mol. The highest BCUT2D eigenvalue weighted by Crippen LogP contribution is 2.33. The monoisotopic (exact) mass is 350 g/mol. The first-order valence-electron chi connectivity index (χ1n) is 8.93. The lowest BCUT2D eigenvalue weighted by molar-refractivity contribution is -0.157. The fourth-order valence-corrected chi connectivity index (χ4v) is 4.54. The van der Waals surface area contributed by atoms with Crippen molar-refractivity contribution < 1.29 is 14.3 Å². The molecule has 3 rings (SSSR count). The zero-order chi connectivity index (χ0) is 16.9. The largest absolute Gasteiger partial charge is 0.464 e. The van der Waals surface area contributed by atoms with Gasteiger partial charge in [0.1, 0.15) is 6.04 Å². The fraction of sp³-hybridized carbons (Fsp3) is 0.667. The van der Waals surface area contributed by atoms with Crippen LogP contribution in [0.4, 0.5) is 0 Å². The maximum Gasteiger partial charge on any atom is 0.328 e. The Kier molecular flexibility index (Phi) is 5.89. The number of carbonyl (C=O) groups excluding carboxylic acids is 2. The van der Waals surface area contributed by atoms with Crippen molar-refractivity contribution in [2.75, 3.05) is 26.2 Å². The Morgan fingerprint density at radius 3 is 2.88 bits per heavy atom. The molecule has 0 spiro atoms. The minimum absolute atomic E-state index is 0.0647. The Labute approximate surface area is 147 Å². The zero-order valence-corrected chi connectivity index (χ0v) is 15.1. The first-order chi connectivity index (χ1) is 11.7. The van der Waals surface area contributed by atoms with E-state index in [2.05, 4.69) is 21.7 Å². The van der Waals surface area contributed by atoms with Gasteiger partial charge in [0, 0.05) is 12.6 Å². The van der Waals surface area contributed by atoms with Gasteiger partial charge in [0.05, 0.1) is 13.2 Å². The van der Waals surface area contributed by atoms with Crippen molar-refractivity contribution >= 4 is 23.2 Å². The third kappa shape index (κ3) is 3.81. The second kappa shape index (κ2) is 8.12. The van der Waals surface area contributed by atoms with E-state index in [1.54, 1.807) is 16.2 Å². The maximum atomic E-state index is 12.9. The summed E-state index contributed by atoms with van der Waals surface area (Å²) in [4.78, 5) is 29.1. The second-order valence-corrected chi connectivity index (χ2v) is 7.32. The SMILES string of the molecule is CCOC(=O)C1CCCCN1C(=O)CN1CCCC1c1ccsc1. The molecule has 1 aromatic heterocycles. The Hall–Kier alpha value is -1.40. The molecule has 2 atom stereocenters. The van der Waals surface area contributed by atoms with E-state index in [0.29, 0.717) is 25.7 Å². The van der Waals surface area contributed by atoms with Crippen LogP contribution < -0.4 is 0 Å². The van der Waals surface area contributed by atoms with Gasteiger partial charge in [-0.15, -0.1) is 0 Å². The molecule has 0 radical (unpaired) electrons. The molecule has 24 heavy (non-hydrogen) atoms. The fourth-order valence-electron chi connectivity index (χ4n) is 3.84. The lowest BCUT2D eigenvalue weighted by Gasteiger charge is -2.35. The minimum atomic E-state index is -0.395. The number of ether oxygens (including phenoxy) is 1. The van der Waals surface area contributed by atoms with E-state index in [4.69, 9.17) is 4.74 Å². The predicted octanol–water partition coefficient (Wildman–Crippen LogP) is 2.83. The zero-order valence-electron chi connectivity index (χ0n) is 14.3. The van der Waals surface area contributed by atoms with Gasteiger partial charge in [0.15, 0.2) is 0 Å². The van der Waals surface area contributed by atoms with Gasteiger partial charge >= 0.3 is 5.97 Å². The number of likely N-dealkylation sites (tertiary alicyclic amines) is 2. The summed E-state index contributed by atoms with van der Waals surface area (Å²) in [7, 11) is 0. The molecule has 1 amide bonds. The number of nitrogens with zero attached hydrogens (tertiary/aromatic N) is 2. The van der Waals surface area contributed by atoms with E-state index < -0.39 is 6.04 Å². The average molecular weight is 350 g/mol. The first kappa shape index (κ1) is 17.4. The molecule has 2 saturated heterocycles. The smallest absolute Gasteiger partial charge is 0.328 e. The van der Waals surface area contributed by atoms with Crippen molar-refractivity contribution in [2.24, 2.45) is 0 Å². The first-order valence-corrected chi connectivity index (χ1v) is 9.87. The molecule has 2 fully saturated rings. The van der Waals surface area contributed by atoms with Crippen molar-refractivity contribution in [2.45, 2.75) is 51.1 Å². The summed E-state index contributed by atoms with van der Waals surface area (Å²) in [6, 6.07) is 2.10. The third-order valence-electron chi connectivity index (χ3n) is 5.01. The molecule has 2 aliphatic rings. The van der Waals surface area contributed by atoms with Crippen molar-refractivity contribution in [1.82, 2.24) is 9.80 Å². The Morgan fingerprint density at radius 2 is 2.12 bits per heavy atom. The topological polar surface area (TPSA) is 49.9 Å². The summed E-state index contributed by atoms with van der Waals surface area (Å²) in [5.74, 6) is -0.184. The number of esters is 1. The number of hydrogen-bond acceptors (Lipinski definition) is 5.